The van der Waals surface area contributed by atoms with E-state index in [0.29, 0.717) is 34.6 Å². The molecule has 33 heavy (non-hydrogen) atoms. The molecule has 0 radical (unpaired) electrons. The number of nitrogens with zero attached hydrogens (tertiary/aromatic N) is 2. The minimum Gasteiger partial charge on any atom is -0.455 e. The Morgan fingerprint density at radius 2 is 1.94 bits per heavy atom. The number of nitrogens with one attached hydrogen (secondary N) is 2. The number of aromatic amines is 1. The number of aryl methyl sites for hydroxylation is 2. The van der Waals surface area contributed by atoms with E-state index in [2.05, 4.69) is 15.3 Å². The van der Waals surface area contributed by atoms with Gasteiger partial charge in [0.05, 0.1) is 16.1 Å². The summed E-state index contributed by atoms with van der Waals surface area (Å²) in [5.74, 6) is -0.756. The summed E-state index contributed by atoms with van der Waals surface area (Å²) < 4.78 is 7.55. The van der Waals surface area contributed by atoms with Crippen LogP contribution in [0.2, 0.25) is 5.02 Å². The number of carbonyl (C=O) groups excluding carboxylic acids is 2. The van der Waals surface area contributed by atoms with E-state index >= 15 is 0 Å². The second-order valence-corrected chi connectivity index (χ2v) is 7.34. The first-order valence-electron chi connectivity index (χ1n) is 10.5. The number of aromatic nitrogens is 2. The molecule has 0 saturated carbocycles. The van der Waals surface area contributed by atoms with Crippen molar-refractivity contribution in [3.8, 4) is 11.5 Å². The molecule has 9 nitrogen and oxygen atoms in total. The molecule has 3 rings (SSSR count). The average Bonchev–Trinajstić information content (AvgIpc) is 3.05. The highest BCUT2D eigenvalue weighted by molar-refractivity contribution is 6.43. The number of aliphatic imine (C=N–C) groups is 1. The first-order valence-corrected chi connectivity index (χ1v) is 10.9. The van der Waals surface area contributed by atoms with Crippen LogP contribution < -0.4 is 21.5 Å². The molecule has 10 heteroatoms. The maximum atomic E-state index is 12.1. The highest BCUT2D eigenvalue weighted by Gasteiger charge is 2.16. The van der Waals surface area contributed by atoms with Crippen molar-refractivity contribution in [3.05, 3.63) is 51.4 Å². The summed E-state index contributed by atoms with van der Waals surface area (Å²) in [7, 11) is 1.67. The Labute approximate surface area is 196 Å². The van der Waals surface area contributed by atoms with E-state index in [-0.39, 0.29) is 10.7 Å². The van der Waals surface area contributed by atoms with Crippen LogP contribution in [-0.4, -0.2) is 27.2 Å². The van der Waals surface area contributed by atoms with Gasteiger partial charge in [-0.1, -0.05) is 38.8 Å². The Bertz CT molecular complexity index is 1260. The molecule has 176 valence electrons. The summed E-state index contributed by atoms with van der Waals surface area (Å²) in [4.78, 5) is 41.1. The van der Waals surface area contributed by atoms with Crippen LogP contribution in [0.15, 0.2) is 40.1 Å². The lowest BCUT2D eigenvalue weighted by Gasteiger charge is -2.15. The van der Waals surface area contributed by atoms with Gasteiger partial charge in [0.15, 0.2) is 5.84 Å². The number of rotatable bonds is 5. The fourth-order valence-corrected chi connectivity index (χ4v) is 3.37. The molecule has 0 aliphatic carbocycles. The lowest BCUT2D eigenvalue weighted by Crippen LogP contribution is -2.31. The van der Waals surface area contributed by atoms with Gasteiger partial charge in [-0.05, 0) is 36.2 Å². The average molecular weight is 474 g/mol. The van der Waals surface area contributed by atoms with Crippen LogP contribution in [0.25, 0.3) is 11.0 Å². The van der Waals surface area contributed by atoms with Gasteiger partial charge in [-0.15, -0.1) is 0 Å². The summed E-state index contributed by atoms with van der Waals surface area (Å²) in [5, 5.41) is 2.87. The highest BCUT2D eigenvalue weighted by atomic mass is 35.5. The first-order chi connectivity index (χ1) is 15.7. The van der Waals surface area contributed by atoms with Gasteiger partial charge in [0.25, 0.3) is 5.91 Å². The molecule has 0 spiro atoms. The van der Waals surface area contributed by atoms with Crippen LogP contribution in [-0.2, 0) is 23.1 Å². The lowest BCUT2D eigenvalue weighted by molar-refractivity contribution is -0.116. The van der Waals surface area contributed by atoms with Crippen molar-refractivity contribution in [2.45, 2.75) is 40.5 Å². The van der Waals surface area contributed by atoms with Gasteiger partial charge in [-0.3, -0.25) is 14.2 Å². The predicted octanol–water partition coefficient (Wildman–Crippen LogP) is 4.13. The van der Waals surface area contributed by atoms with E-state index in [4.69, 9.17) is 22.1 Å². The summed E-state index contributed by atoms with van der Waals surface area (Å²) in [6.07, 6.45) is 1.45. The van der Waals surface area contributed by atoms with Crippen LogP contribution in [0.4, 0.5) is 5.69 Å². The third-order valence-corrected chi connectivity index (χ3v) is 4.79. The molecule has 4 N–H and O–H groups in total. The van der Waals surface area contributed by atoms with Crippen LogP contribution in [0.5, 0.6) is 11.5 Å². The van der Waals surface area contributed by atoms with Crippen molar-refractivity contribution in [1.29, 1.82) is 0 Å². The Balaban J connectivity index is 0.00000187. The van der Waals surface area contributed by atoms with Crippen molar-refractivity contribution in [2.75, 3.05) is 5.32 Å². The van der Waals surface area contributed by atoms with Crippen LogP contribution >= 0.6 is 11.6 Å². The zero-order valence-electron chi connectivity index (χ0n) is 19.3. The van der Waals surface area contributed by atoms with Crippen molar-refractivity contribution < 1.29 is 14.3 Å². The number of nitrogens with two attached hydrogens (primary N) is 1. The van der Waals surface area contributed by atoms with Crippen LogP contribution in [0, 0.1) is 0 Å². The molecule has 0 atom stereocenters. The number of amides is 2. The number of fused-ring (bicyclic) bond motifs is 1. The third kappa shape index (κ3) is 6.23. The number of imidazole rings is 1. The topological polar surface area (TPSA) is 132 Å². The lowest BCUT2D eigenvalue weighted by atomic mass is 10.1. The molecule has 2 aromatic carbocycles. The molecule has 2 amide bonds. The van der Waals surface area contributed by atoms with E-state index in [1.807, 2.05) is 20.8 Å². The maximum Gasteiger partial charge on any atom is 0.326 e. The second-order valence-electron chi connectivity index (χ2n) is 6.94. The number of hydrogen-bond donors (Lipinski definition) is 3. The summed E-state index contributed by atoms with van der Waals surface area (Å²) in [6, 6.07) is 8.49. The van der Waals surface area contributed by atoms with Gasteiger partial charge in [-0.2, -0.15) is 4.99 Å². The van der Waals surface area contributed by atoms with Crippen LogP contribution in [0.3, 0.4) is 0 Å². The fourth-order valence-electron chi connectivity index (χ4n) is 3.09. The number of amidine groups is 1. The molecule has 1 aromatic heterocycles. The van der Waals surface area contributed by atoms with Crippen LogP contribution in [0.1, 0.15) is 39.7 Å². The van der Waals surface area contributed by atoms with Gasteiger partial charge in [-0.25, -0.2) is 4.79 Å². The number of ether oxygens (including phenoxy) is 1. The van der Waals surface area contributed by atoms with Crippen molar-refractivity contribution in [1.82, 2.24) is 9.55 Å². The molecule has 0 aliphatic rings. The van der Waals surface area contributed by atoms with Gasteiger partial charge in [0, 0.05) is 25.7 Å². The number of anilines is 1. The van der Waals surface area contributed by atoms with E-state index in [1.165, 1.54) is 17.6 Å². The largest absolute Gasteiger partial charge is 0.455 e. The number of halogens is 1. The standard InChI is InChI=1S/C21H22ClN5O4.C2H6/c1-4-5-12-8-13(25-20(29)19(23)24-11(2)28)9-15(22)18(12)31-14-6-7-16-17(10-14)27(3)21(30)26-16;1-2/h6-10H,4-5H2,1-3H3,(H,25,29)(H,26,30)(H2,23,24,28);1-2H3. The Hall–Kier alpha value is -3.59. The molecule has 0 fully saturated rings. The quantitative estimate of drug-likeness (QED) is 0.378. The summed E-state index contributed by atoms with van der Waals surface area (Å²) >= 11 is 6.47. The highest BCUT2D eigenvalue weighted by Crippen LogP contribution is 2.37. The van der Waals surface area contributed by atoms with Gasteiger partial charge < -0.3 is 20.8 Å². The zero-order valence-corrected chi connectivity index (χ0v) is 20.0. The second kappa shape index (κ2) is 11.3. The Morgan fingerprint density at radius 3 is 2.58 bits per heavy atom. The minimum absolute atomic E-state index is 0.218. The van der Waals surface area contributed by atoms with E-state index in [9.17, 15) is 14.4 Å². The van der Waals surface area contributed by atoms with Gasteiger partial charge in [0.2, 0.25) is 5.91 Å². The molecule has 0 bridgehead atoms. The first kappa shape index (κ1) is 25.7. The maximum absolute atomic E-state index is 12.1. The van der Waals surface area contributed by atoms with Gasteiger partial charge >= 0.3 is 5.69 Å². The van der Waals surface area contributed by atoms with Gasteiger partial charge in [0.1, 0.15) is 11.5 Å². The Morgan fingerprint density at radius 1 is 1.24 bits per heavy atom. The van der Waals surface area contributed by atoms with E-state index in [1.54, 1.807) is 31.3 Å². The van der Waals surface area contributed by atoms with Crippen molar-refractivity contribution in [2.24, 2.45) is 17.8 Å². The Kier molecular flexibility index (Phi) is 8.81. The zero-order chi connectivity index (χ0) is 24.7. The fraction of sp³-hybridized carbons (Fsp3) is 0.304. The minimum atomic E-state index is -0.707. The number of benzene rings is 2. The SMILES string of the molecule is CC.CCCc1cc(NC(=O)C(N)=NC(C)=O)cc(Cl)c1Oc1ccc2[nH]c(=O)n(C)c2c1. The third-order valence-electron chi connectivity index (χ3n) is 4.50. The molecule has 3 aromatic rings. The molecule has 1 heterocycles. The molecule has 0 aliphatic heterocycles. The monoisotopic (exact) mass is 473 g/mol. The van der Waals surface area contributed by atoms with Crippen molar-refractivity contribution in [3.63, 3.8) is 0 Å². The molecular formula is C23H28ClN5O4. The number of carbonyl (C=O) groups is 2. The van der Waals surface area contributed by atoms with Crippen molar-refractivity contribution >= 4 is 46.0 Å². The normalized spacial score (nSPS) is 11.0. The summed E-state index contributed by atoms with van der Waals surface area (Å²) in [5.41, 5.74) is 7.87. The smallest absolute Gasteiger partial charge is 0.326 e. The van der Waals surface area contributed by atoms with E-state index in [0.717, 1.165) is 12.0 Å². The molecule has 0 unspecified atom stereocenters. The number of H-pyrrole nitrogens is 1. The molecular weight excluding hydrogens is 446 g/mol. The molecule has 0 saturated heterocycles. The number of hydrogen-bond acceptors (Lipinski definition) is 4. The van der Waals surface area contributed by atoms with E-state index < -0.39 is 17.6 Å². The predicted molar refractivity (Wildman–Crippen MR) is 131 cm³/mol. The summed E-state index contributed by atoms with van der Waals surface area (Å²) in [6.45, 7) is 7.20.